The molecule has 0 N–H and O–H groups in total. The van der Waals surface area contributed by atoms with Crippen molar-refractivity contribution in [2.24, 2.45) is 0 Å². The number of unbranched alkanes of at least 4 members (excludes halogenated alkanes) is 13. The molecule has 0 aromatic rings. The van der Waals surface area contributed by atoms with Gasteiger partial charge in [-0.25, -0.2) is 0 Å². The molecule has 0 bridgehead atoms. The van der Waals surface area contributed by atoms with Gasteiger partial charge in [0.2, 0.25) is 0 Å². The molecular formula is C61H96O6. The van der Waals surface area contributed by atoms with Crippen LogP contribution in [0.3, 0.4) is 0 Å². The SMILES string of the molecule is CC/C=C\C/C=C\C/C=C\C/C=C\C/C=C\C/C=C\C/C=C\CCCCCCCCCC(=O)OCC(COC(=O)CCCCCCCCC)OC(=O)CC/C=C\C/C=C\C/C=C\C/C=C\CC. The lowest BCUT2D eigenvalue weighted by Crippen LogP contribution is -2.30. The van der Waals surface area contributed by atoms with Crippen molar-refractivity contribution in [3.8, 4) is 0 Å². The van der Waals surface area contributed by atoms with E-state index >= 15 is 0 Å². The molecule has 0 rings (SSSR count). The van der Waals surface area contributed by atoms with Gasteiger partial charge in [-0.2, -0.15) is 0 Å². The molecule has 376 valence electrons. The highest BCUT2D eigenvalue weighted by Crippen LogP contribution is 2.13. The first-order chi connectivity index (χ1) is 33.0. The maximum atomic E-state index is 12.7. The number of carbonyl (C=O) groups is 3. The lowest BCUT2D eigenvalue weighted by Gasteiger charge is -2.18. The average molecular weight is 925 g/mol. The highest BCUT2D eigenvalue weighted by atomic mass is 16.6. The fraction of sp³-hybridized carbons (Fsp3) is 0.590. The predicted molar refractivity (Wildman–Crippen MR) is 288 cm³/mol. The minimum Gasteiger partial charge on any atom is -0.462 e. The van der Waals surface area contributed by atoms with Crippen LogP contribution in [0.1, 0.15) is 213 Å². The summed E-state index contributed by atoms with van der Waals surface area (Å²) < 4.78 is 16.6. The highest BCUT2D eigenvalue weighted by molar-refractivity contribution is 5.71. The molecule has 1 atom stereocenters. The summed E-state index contributed by atoms with van der Waals surface area (Å²) in [5.74, 6) is -1.02. The quantitative estimate of drug-likeness (QED) is 0.0262. The lowest BCUT2D eigenvalue weighted by molar-refractivity contribution is -0.166. The second-order valence-electron chi connectivity index (χ2n) is 17.0. The number of carbonyl (C=O) groups excluding carboxylic acids is 3. The van der Waals surface area contributed by atoms with Crippen LogP contribution in [0.5, 0.6) is 0 Å². The molecule has 0 aliphatic rings. The number of hydrogen-bond donors (Lipinski definition) is 0. The summed E-state index contributed by atoms with van der Waals surface area (Å²) in [6.07, 6.45) is 76.2. The Balaban J connectivity index is 4.25. The molecule has 0 radical (unpaired) electrons. The van der Waals surface area contributed by atoms with E-state index in [-0.39, 0.29) is 31.6 Å². The van der Waals surface area contributed by atoms with Gasteiger partial charge in [0, 0.05) is 19.3 Å². The predicted octanol–water partition coefficient (Wildman–Crippen LogP) is 17.9. The van der Waals surface area contributed by atoms with Gasteiger partial charge in [-0.3, -0.25) is 14.4 Å². The van der Waals surface area contributed by atoms with Crippen LogP contribution in [-0.2, 0) is 28.6 Å². The van der Waals surface area contributed by atoms with Crippen LogP contribution in [-0.4, -0.2) is 37.2 Å². The zero-order valence-electron chi connectivity index (χ0n) is 42.9. The molecule has 0 heterocycles. The summed E-state index contributed by atoms with van der Waals surface area (Å²) in [7, 11) is 0. The average Bonchev–Trinajstić information content (AvgIpc) is 3.33. The molecule has 0 aromatic carbocycles. The first-order valence-corrected chi connectivity index (χ1v) is 26.7. The molecule has 6 heteroatoms. The van der Waals surface area contributed by atoms with Crippen LogP contribution < -0.4 is 0 Å². The van der Waals surface area contributed by atoms with Gasteiger partial charge in [0.1, 0.15) is 13.2 Å². The highest BCUT2D eigenvalue weighted by Gasteiger charge is 2.19. The van der Waals surface area contributed by atoms with E-state index in [1.807, 2.05) is 12.2 Å². The van der Waals surface area contributed by atoms with E-state index in [1.165, 1.54) is 51.4 Å². The lowest BCUT2D eigenvalue weighted by atomic mass is 10.1. The van der Waals surface area contributed by atoms with E-state index in [0.717, 1.165) is 116 Å². The Bertz CT molecular complexity index is 1480. The molecule has 1 unspecified atom stereocenters. The van der Waals surface area contributed by atoms with Crippen molar-refractivity contribution in [2.45, 2.75) is 219 Å². The molecule has 6 nitrogen and oxygen atoms in total. The minimum absolute atomic E-state index is 0.113. The number of rotatable bonds is 46. The molecular weight excluding hydrogens is 829 g/mol. The van der Waals surface area contributed by atoms with Crippen LogP contribution >= 0.6 is 0 Å². The van der Waals surface area contributed by atoms with Gasteiger partial charge < -0.3 is 14.2 Å². The van der Waals surface area contributed by atoms with Crippen molar-refractivity contribution in [1.82, 2.24) is 0 Å². The fourth-order valence-electron chi connectivity index (χ4n) is 6.73. The fourth-order valence-corrected chi connectivity index (χ4v) is 6.73. The molecule has 0 amide bonds. The first-order valence-electron chi connectivity index (χ1n) is 26.7. The van der Waals surface area contributed by atoms with Crippen LogP contribution in [0.25, 0.3) is 0 Å². The van der Waals surface area contributed by atoms with E-state index in [0.29, 0.717) is 19.3 Å². The Morgan fingerprint density at radius 2 is 0.612 bits per heavy atom. The van der Waals surface area contributed by atoms with Gasteiger partial charge in [0.25, 0.3) is 0 Å². The maximum Gasteiger partial charge on any atom is 0.306 e. The largest absolute Gasteiger partial charge is 0.462 e. The zero-order valence-corrected chi connectivity index (χ0v) is 42.9. The van der Waals surface area contributed by atoms with Crippen molar-refractivity contribution in [1.29, 1.82) is 0 Å². The summed E-state index contributed by atoms with van der Waals surface area (Å²) >= 11 is 0. The van der Waals surface area contributed by atoms with Gasteiger partial charge in [0.15, 0.2) is 6.10 Å². The Morgan fingerprint density at radius 1 is 0.313 bits per heavy atom. The van der Waals surface area contributed by atoms with E-state index in [2.05, 4.69) is 142 Å². The molecule has 0 saturated heterocycles. The Morgan fingerprint density at radius 3 is 0.970 bits per heavy atom. The van der Waals surface area contributed by atoms with Gasteiger partial charge in [-0.1, -0.05) is 225 Å². The number of allylic oxidation sites excluding steroid dienone is 22. The van der Waals surface area contributed by atoms with Crippen molar-refractivity contribution >= 4 is 17.9 Å². The Kier molecular flexibility index (Phi) is 50.6. The van der Waals surface area contributed by atoms with E-state index in [1.54, 1.807) is 0 Å². The zero-order chi connectivity index (χ0) is 48.6. The standard InChI is InChI=1S/C61H96O6/c1-4-7-10-13-16-18-20-22-23-24-25-26-27-28-29-30-31-32-33-34-35-36-37-39-40-42-45-48-51-54-60(63)66-57-58(56-65-59(62)53-50-47-44-15-12-9-6-3)67-61(64)55-52-49-46-43-41-38-21-19-17-14-11-8-5-2/h7-8,10-11,16-19,22-23,25-26,28-29,31-32,34-35,38,41,46,49,58H,4-6,9,12-15,20-21,24,27,30,33,36-37,39-40,42-45,47-48,50-57H2,1-3H3/b10-7-,11-8-,18-16-,19-17-,23-22-,26-25-,29-28-,32-31-,35-34-,41-38-,49-46-. The number of esters is 3. The summed E-state index contributed by atoms with van der Waals surface area (Å²) in [5, 5.41) is 0. The van der Waals surface area contributed by atoms with Gasteiger partial charge >= 0.3 is 17.9 Å². The van der Waals surface area contributed by atoms with Crippen molar-refractivity contribution < 1.29 is 28.6 Å². The molecule has 0 spiro atoms. The summed E-state index contributed by atoms with van der Waals surface area (Å²) in [5.41, 5.74) is 0. The third-order valence-corrected chi connectivity index (χ3v) is 10.7. The van der Waals surface area contributed by atoms with E-state index < -0.39 is 12.1 Å². The van der Waals surface area contributed by atoms with Crippen LogP contribution in [0.15, 0.2) is 134 Å². The van der Waals surface area contributed by atoms with Gasteiger partial charge in [-0.05, 0) is 103 Å². The van der Waals surface area contributed by atoms with E-state index in [4.69, 9.17) is 14.2 Å². The topological polar surface area (TPSA) is 78.9 Å². The van der Waals surface area contributed by atoms with Gasteiger partial charge in [0.05, 0.1) is 0 Å². The Labute approximate surface area is 411 Å². The van der Waals surface area contributed by atoms with Crippen LogP contribution in [0.4, 0.5) is 0 Å². The van der Waals surface area contributed by atoms with Crippen molar-refractivity contribution in [3.05, 3.63) is 134 Å². The number of hydrogen-bond acceptors (Lipinski definition) is 6. The van der Waals surface area contributed by atoms with Gasteiger partial charge in [-0.15, -0.1) is 0 Å². The normalized spacial score (nSPS) is 13.2. The van der Waals surface area contributed by atoms with Crippen LogP contribution in [0, 0.1) is 0 Å². The molecule has 0 aliphatic carbocycles. The first kappa shape index (κ1) is 62.5. The maximum absolute atomic E-state index is 12.7. The van der Waals surface area contributed by atoms with Crippen molar-refractivity contribution in [2.75, 3.05) is 13.2 Å². The molecule has 0 saturated carbocycles. The van der Waals surface area contributed by atoms with E-state index in [9.17, 15) is 14.4 Å². The summed E-state index contributed by atoms with van der Waals surface area (Å²) in [6.45, 7) is 6.27. The molecule has 0 aliphatic heterocycles. The summed E-state index contributed by atoms with van der Waals surface area (Å²) in [6, 6.07) is 0. The number of ether oxygens (including phenoxy) is 3. The molecule has 0 fully saturated rings. The second kappa shape index (κ2) is 54.2. The second-order valence-corrected chi connectivity index (χ2v) is 17.0. The third kappa shape index (κ3) is 52.4. The molecule has 67 heavy (non-hydrogen) atoms. The minimum atomic E-state index is -0.821. The van der Waals surface area contributed by atoms with Crippen molar-refractivity contribution in [3.63, 3.8) is 0 Å². The third-order valence-electron chi connectivity index (χ3n) is 10.7. The monoisotopic (exact) mass is 925 g/mol. The molecule has 0 aromatic heterocycles. The smallest absolute Gasteiger partial charge is 0.306 e. The van der Waals surface area contributed by atoms with Crippen LogP contribution in [0.2, 0.25) is 0 Å². The Hall–Kier alpha value is -4.45. The summed E-state index contributed by atoms with van der Waals surface area (Å²) in [4.78, 5) is 37.7.